The normalized spacial score (nSPS) is 12.8. The number of rotatable bonds is 4. The highest BCUT2D eigenvalue weighted by atomic mass is 16.4. The first-order valence-corrected chi connectivity index (χ1v) is 5.87. The fraction of sp³-hybridized carbons (Fsp3) is 0.429. The van der Waals surface area contributed by atoms with Gasteiger partial charge in [0.2, 0.25) is 5.91 Å². The van der Waals surface area contributed by atoms with Crippen LogP contribution >= 0.6 is 0 Å². The lowest BCUT2D eigenvalue weighted by molar-refractivity contribution is -0.151. The summed E-state index contributed by atoms with van der Waals surface area (Å²) in [6.45, 7) is 5.58. The summed E-state index contributed by atoms with van der Waals surface area (Å²) in [5.41, 5.74) is 0.343. The highest BCUT2D eigenvalue weighted by Gasteiger charge is 2.37. The average Bonchev–Trinajstić information content (AvgIpc) is 2.25. The molecule has 1 rings (SSSR count). The molecule has 0 fully saturated rings. The van der Waals surface area contributed by atoms with Crippen molar-refractivity contribution in [2.24, 2.45) is 11.3 Å². The third-order valence-corrected chi connectivity index (χ3v) is 2.68. The molecule has 0 radical (unpaired) electrons. The molecule has 1 aromatic rings. The molecular weight excluding hydrogens is 230 g/mol. The third-order valence-electron chi connectivity index (χ3n) is 2.68. The van der Waals surface area contributed by atoms with Crippen LogP contribution in [0.4, 0.5) is 0 Å². The van der Waals surface area contributed by atoms with Gasteiger partial charge in [0.05, 0.1) is 0 Å². The number of carbonyl (C=O) groups is 2. The van der Waals surface area contributed by atoms with Crippen LogP contribution in [0, 0.1) is 11.3 Å². The van der Waals surface area contributed by atoms with Crippen molar-refractivity contribution >= 4 is 11.9 Å². The van der Waals surface area contributed by atoms with Crippen LogP contribution in [-0.2, 0) is 16.1 Å². The Balaban J connectivity index is 2.67. The summed E-state index contributed by atoms with van der Waals surface area (Å²) >= 11 is 0. The van der Waals surface area contributed by atoms with Gasteiger partial charge in [0, 0.05) is 6.54 Å². The number of carboxylic acid groups (broad SMARTS) is 1. The van der Waals surface area contributed by atoms with E-state index in [0.717, 1.165) is 5.56 Å². The molecule has 0 saturated carbocycles. The molecule has 1 aromatic carbocycles. The maximum Gasteiger partial charge on any atom is 0.316 e. The second-order valence-electron chi connectivity index (χ2n) is 5.34. The van der Waals surface area contributed by atoms with Crippen LogP contribution in [0.2, 0.25) is 0 Å². The molecule has 1 unspecified atom stereocenters. The highest BCUT2D eigenvalue weighted by Crippen LogP contribution is 2.26. The summed E-state index contributed by atoms with van der Waals surface area (Å²) in [7, 11) is 0. The SMILES string of the molecule is CC(C)(C)C(C(=O)O)C(=O)NCc1ccccc1. The molecule has 0 saturated heterocycles. The molecule has 0 spiro atoms. The molecule has 0 aliphatic rings. The fourth-order valence-electron chi connectivity index (χ4n) is 1.76. The minimum Gasteiger partial charge on any atom is -0.481 e. The van der Waals surface area contributed by atoms with Crippen molar-refractivity contribution in [3.05, 3.63) is 35.9 Å². The van der Waals surface area contributed by atoms with E-state index in [4.69, 9.17) is 5.11 Å². The van der Waals surface area contributed by atoms with E-state index in [1.165, 1.54) is 0 Å². The number of hydrogen-bond acceptors (Lipinski definition) is 2. The zero-order valence-electron chi connectivity index (χ0n) is 10.9. The van der Waals surface area contributed by atoms with Gasteiger partial charge in [-0.1, -0.05) is 51.1 Å². The molecule has 98 valence electrons. The van der Waals surface area contributed by atoms with Crippen LogP contribution < -0.4 is 5.32 Å². The molecule has 4 heteroatoms. The van der Waals surface area contributed by atoms with Crippen molar-refractivity contribution < 1.29 is 14.7 Å². The lowest BCUT2D eigenvalue weighted by atomic mass is 9.80. The van der Waals surface area contributed by atoms with Crippen LogP contribution in [-0.4, -0.2) is 17.0 Å². The Morgan fingerprint density at radius 3 is 2.22 bits per heavy atom. The van der Waals surface area contributed by atoms with E-state index in [1.54, 1.807) is 20.8 Å². The van der Waals surface area contributed by atoms with Gasteiger partial charge in [-0.2, -0.15) is 0 Å². The van der Waals surface area contributed by atoms with E-state index >= 15 is 0 Å². The van der Waals surface area contributed by atoms with Crippen LogP contribution in [0.15, 0.2) is 30.3 Å². The van der Waals surface area contributed by atoms with Gasteiger partial charge >= 0.3 is 5.97 Å². The van der Waals surface area contributed by atoms with E-state index in [0.29, 0.717) is 6.54 Å². The molecule has 2 N–H and O–H groups in total. The molecule has 0 aliphatic heterocycles. The molecule has 0 aliphatic carbocycles. The lowest BCUT2D eigenvalue weighted by Crippen LogP contribution is -2.42. The first kappa shape index (κ1) is 14.2. The van der Waals surface area contributed by atoms with Gasteiger partial charge in [-0.05, 0) is 11.0 Å². The highest BCUT2D eigenvalue weighted by molar-refractivity contribution is 5.97. The Morgan fingerprint density at radius 2 is 1.78 bits per heavy atom. The topological polar surface area (TPSA) is 66.4 Å². The Hall–Kier alpha value is -1.84. The summed E-state index contributed by atoms with van der Waals surface area (Å²) in [5.74, 6) is -2.58. The van der Waals surface area contributed by atoms with Crippen molar-refractivity contribution in [1.82, 2.24) is 5.32 Å². The fourth-order valence-corrected chi connectivity index (χ4v) is 1.76. The molecule has 0 bridgehead atoms. The zero-order chi connectivity index (χ0) is 13.8. The number of amides is 1. The monoisotopic (exact) mass is 249 g/mol. The Labute approximate surface area is 107 Å². The second-order valence-corrected chi connectivity index (χ2v) is 5.34. The largest absolute Gasteiger partial charge is 0.481 e. The second kappa shape index (κ2) is 5.67. The van der Waals surface area contributed by atoms with Gasteiger partial charge in [-0.3, -0.25) is 9.59 Å². The molecule has 0 aromatic heterocycles. The molecule has 4 nitrogen and oxygen atoms in total. The van der Waals surface area contributed by atoms with Crippen LogP contribution in [0.25, 0.3) is 0 Å². The standard InChI is InChI=1S/C14H19NO3/c1-14(2,3)11(13(17)18)12(16)15-9-10-7-5-4-6-8-10/h4-8,11H,9H2,1-3H3,(H,15,16)(H,17,18). The maximum absolute atomic E-state index is 11.9. The Kier molecular flexibility index (Phi) is 4.48. The van der Waals surface area contributed by atoms with Gasteiger partial charge in [0.15, 0.2) is 0 Å². The van der Waals surface area contributed by atoms with Crippen LogP contribution in [0.3, 0.4) is 0 Å². The summed E-state index contributed by atoms with van der Waals surface area (Å²) in [5, 5.41) is 11.8. The minimum absolute atomic E-state index is 0.347. The van der Waals surface area contributed by atoms with E-state index in [9.17, 15) is 9.59 Å². The number of hydrogen-bond donors (Lipinski definition) is 2. The Morgan fingerprint density at radius 1 is 1.22 bits per heavy atom. The quantitative estimate of drug-likeness (QED) is 0.802. The lowest BCUT2D eigenvalue weighted by Gasteiger charge is -2.25. The predicted molar refractivity (Wildman–Crippen MR) is 68.9 cm³/mol. The van der Waals surface area contributed by atoms with Crippen LogP contribution in [0.1, 0.15) is 26.3 Å². The number of carboxylic acids is 1. The third kappa shape index (κ3) is 3.87. The van der Waals surface area contributed by atoms with Crippen molar-refractivity contribution in [3.8, 4) is 0 Å². The number of benzene rings is 1. The number of aliphatic carboxylic acids is 1. The van der Waals surface area contributed by atoms with Gasteiger partial charge in [-0.25, -0.2) is 0 Å². The summed E-state index contributed by atoms with van der Waals surface area (Å²) < 4.78 is 0. The number of nitrogens with one attached hydrogen (secondary N) is 1. The molecule has 1 atom stereocenters. The summed E-state index contributed by atoms with van der Waals surface area (Å²) in [6.07, 6.45) is 0. The van der Waals surface area contributed by atoms with Gasteiger partial charge in [0.25, 0.3) is 0 Å². The summed E-state index contributed by atoms with van der Waals surface area (Å²) in [4.78, 5) is 23.1. The zero-order valence-corrected chi connectivity index (χ0v) is 10.9. The van der Waals surface area contributed by atoms with E-state index < -0.39 is 23.2 Å². The summed E-state index contributed by atoms with van der Waals surface area (Å²) in [6, 6.07) is 9.40. The van der Waals surface area contributed by atoms with E-state index in [2.05, 4.69) is 5.32 Å². The number of carbonyl (C=O) groups excluding carboxylic acids is 1. The van der Waals surface area contributed by atoms with Gasteiger partial charge in [-0.15, -0.1) is 0 Å². The minimum atomic E-state index is -1.09. The van der Waals surface area contributed by atoms with E-state index in [1.807, 2.05) is 30.3 Å². The van der Waals surface area contributed by atoms with Gasteiger partial charge in [0.1, 0.15) is 5.92 Å². The molecular formula is C14H19NO3. The maximum atomic E-state index is 11.9. The molecule has 1 amide bonds. The molecule has 0 heterocycles. The van der Waals surface area contributed by atoms with Gasteiger partial charge < -0.3 is 10.4 Å². The van der Waals surface area contributed by atoms with Crippen LogP contribution in [0.5, 0.6) is 0 Å². The van der Waals surface area contributed by atoms with E-state index in [-0.39, 0.29) is 0 Å². The van der Waals surface area contributed by atoms with Crippen molar-refractivity contribution in [2.75, 3.05) is 0 Å². The smallest absolute Gasteiger partial charge is 0.316 e. The van der Waals surface area contributed by atoms with Crippen molar-refractivity contribution in [2.45, 2.75) is 27.3 Å². The van der Waals surface area contributed by atoms with Crippen molar-refractivity contribution in [3.63, 3.8) is 0 Å². The average molecular weight is 249 g/mol. The Bertz CT molecular complexity index is 420. The van der Waals surface area contributed by atoms with Crippen molar-refractivity contribution in [1.29, 1.82) is 0 Å². The first-order chi connectivity index (χ1) is 8.32. The predicted octanol–water partition coefficient (Wildman–Crippen LogP) is 2.05. The molecule has 18 heavy (non-hydrogen) atoms. The first-order valence-electron chi connectivity index (χ1n) is 5.87.